The summed E-state index contributed by atoms with van der Waals surface area (Å²) in [6, 6.07) is 17.2. The fourth-order valence-electron chi connectivity index (χ4n) is 3.33. The average molecular weight is 371 g/mol. The molecule has 0 aromatic heterocycles. The maximum atomic E-state index is 12.4. The van der Waals surface area contributed by atoms with E-state index in [9.17, 15) is 9.59 Å². The zero-order chi connectivity index (χ0) is 18.4. The van der Waals surface area contributed by atoms with Gasteiger partial charge in [0.2, 0.25) is 5.91 Å². The summed E-state index contributed by atoms with van der Waals surface area (Å²) in [5.41, 5.74) is 1.82. The molecule has 2 aromatic rings. The molecule has 3 rings (SSSR count). The third kappa shape index (κ3) is 5.09. The number of carbonyl (C=O) groups is 2. The molecule has 0 spiro atoms. The molecule has 0 radical (unpaired) electrons. The molecule has 0 aliphatic carbocycles. The van der Waals surface area contributed by atoms with Crippen LogP contribution in [0.1, 0.15) is 28.8 Å². The van der Waals surface area contributed by atoms with Crippen molar-refractivity contribution in [2.45, 2.75) is 19.3 Å². The summed E-state index contributed by atoms with van der Waals surface area (Å²) in [6.45, 7) is 1.53. The Hall–Kier alpha value is -2.33. The summed E-state index contributed by atoms with van der Waals surface area (Å²) in [6.07, 6.45) is 3.07. The van der Waals surface area contributed by atoms with Crippen molar-refractivity contribution in [1.29, 1.82) is 0 Å². The monoisotopic (exact) mass is 370 g/mol. The van der Waals surface area contributed by atoms with E-state index in [1.165, 1.54) is 5.56 Å². The number of benzene rings is 2. The van der Waals surface area contributed by atoms with E-state index in [1.54, 1.807) is 24.3 Å². The van der Waals surface area contributed by atoms with Crippen molar-refractivity contribution in [1.82, 2.24) is 10.2 Å². The molecular weight excluding hydrogens is 348 g/mol. The van der Waals surface area contributed by atoms with Crippen LogP contribution < -0.4 is 5.32 Å². The second-order valence-electron chi connectivity index (χ2n) is 6.71. The van der Waals surface area contributed by atoms with Crippen LogP contribution >= 0.6 is 11.6 Å². The van der Waals surface area contributed by atoms with Crippen LogP contribution in [0.4, 0.5) is 0 Å². The predicted molar refractivity (Wildman–Crippen MR) is 103 cm³/mol. The molecule has 4 nitrogen and oxygen atoms in total. The molecule has 26 heavy (non-hydrogen) atoms. The Kier molecular flexibility index (Phi) is 6.29. The zero-order valence-corrected chi connectivity index (χ0v) is 15.4. The molecule has 1 fully saturated rings. The first-order chi connectivity index (χ1) is 12.6. The van der Waals surface area contributed by atoms with Gasteiger partial charge in [0, 0.05) is 23.7 Å². The molecular formula is C21H23ClN2O2. The minimum atomic E-state index is -0.278. The SMILES string of the molecule is O=C(NCC(=O)N1CCC(Cc2ccccc2)CC1)c1cccc(Cl)c1. The Labute approximate surface area is 159 Å². The van der Waals surface area contributed by atoms with Gasteiger partial charge in [-0.15, -0.1) is 0 Å². The van der Waals surface area contributed by atoms with Gasteiger partial charge in [-0.25, -0.2) is 0 Å². The van der Waals surface area contributed by atoms with Crippen molar-refractivity contribution in [3.05, 3.63) is 70.7 Å². The van der Waals surface area contributed by atoms with Gasteiger partial charge in [0.1, 0.15) is 0 Å². The molecule has 0 atom stereocenters. The quantitative estimate of drug-likeness (QED) is 0.875. The first-order valence-electron chi connectivity index (χ1n) is 8.97. The highest BCUT2D eigenvalue weighted by molar-refractivity contribution is 6.30. The van der Waals surface area contributed by atoms with Crippen molar-refractivity contribution in [2.24, 2.45) is 5.92 Å². The molecule has 1 N–H and O–H groups in total. The Morgan fingerprint density at radius 2 is 1.77 bits per heavy atom. The van der Waals surface area contributed by atoms with Crippen LogP contribution in [0.5, 0.6) is 0 Å². The summed E-state index contributed by atoms with van der Waals surface area (Å²) < 4.78 is 0. The van der Waals surface area contributed by atoms with Crippen LogP contribution in [0.2, 0.25) is 5.02 Å². The zero-order valence-electron chi connectivity index (χ0n) is 14.7. The van der Waals surface area contributed by atoms with Gasteiger partial charge in [-0.3, -0.25) is 9.59 Å². The maximum absolute atomic E-state index is 12.4. The Bertz CT molecular complexity index is 756. The molecule has 5 heteroatoms. The van der Waals surface area contributed by atoms with Crippen LogP contribution in [0.3, 0.4) is 0 Å². The minimum absolute atomic E-state index is 0.0225. The van der Waals surface area contributed by atoms with E-state index in [2.05, 4.69) is 29.6 Å². The number of nitrogens with zero attached hydrogens (tertiary/aromatic N) is 1. The van der Waals surface area contributed by atoms with Gasteiger partial charge in [-0.1, -0.05) is 48.0 Å². The van der Waals surface area contributed by atoms with E-state index in [1.807, 2.05) is 11.0 Å². The number of rotatable bonds is 5. The first-order valence-corrected chi connectivity index (χ1v) is 9.35. The fraction of sp³-hybridized carbons (Fsp3) is 0.333. The van der Waals surface area contributed by atoms with Crippen molar-refractivity contribution in [2.75, 3.05) is 19.6 Å². The number of halogens is 1. The highest BCUT2D eigenvalue weighted by atomic mass is 35.5. The summed E-state index contributed by atoms with van der Waals surface area (Å²) in [5.74, 6) is 0.306. The van der Waals surface area contributed by atoms with E-state index >= 15 is 0 Å². The van der Waals surface area contributed by atoms with E-state index in [0.29, 0.717) is 16.5 Å². The number of nitrogens with one attached hydrogen (secondary N) is 1. The molecule has 136 valence electrons. The normalized spacial score (nSPS) is 14.9. The van der Waals surface area contributed by atoms with Gasteiger partial charge in [-0.2, -0.15) is 0 Å². The lowest BCUT2D eigenvalue weighted by molar-refractivity contribution is -0.131. The Balaban J connectivity index is 1.43. The lowest BCUT2D eigenvalue weighted by Crippen LogP contribution is -2.44. The minimum Gasteiger partial charge on any atom is -0.343 e. The van der Waals surface area contributed by atoms with Crippen LogP contribution in [0.25, 0.3) is 0 Å². The number of hydrogen-bond donors (Lipinski definition) is 1. The lowest BCUT2D eigenvalue weighted by Gasteiger charge is -2.32. The summed E-state index contributed by atoms with van der Waals surface area (Å²) >= 11 is 5.89. The van der Waals surface area contributed by atoms with E-state index in [-0.39, 0.29) is 18.4 Å². The van der Waals surface area contributed by atoms with Crippen molar-refractivity contribution < 1.29 is 9.59 Å². The molecule has 0 saturated carbocycles. The summed E-state index contributed by atoms with van der Waals surface area (Å²) in [5, 5.41) is 3.19. The number of likely N-dealkylation sites (tertiary alicyclic amines) is 1. The molecule has 1 heterocycles. The number of amides is 2. The largest absolute Gasteiger partial charge is 0.343 e. The van der Waals surface area contributed by atoms with Crippen LogP contribution in [0, 0.1) is 5.92 Å². The Morgan fingerprint density at radius 3 is 2.46 bits per heavy atom. The average Bonchev–Trinajstić information content (AvgIpc) is 2.67. The molecule has 0 unspecified atom stereocenters. The number of hydrogen-bond acceptors (Lipinski definition) is 2. The molecule has 1 saturated heterocycles. The molecule has 2 amide bonds. The molecule has 0 bridgehead atoms. The third-order valence-electron chi connectivity index (χ3n) is 4.82. The lowest BCUT2D eigenvalue weighted by atomic mass is 9.90. The Morgan fingerprint density at radius 1 is 1.04 bits per heavy atom. The van der Waals surface area contributed by atoms with E-state index < -0.39 is 0 Å². The van der Waals surface area contributed by atoms with Crippen LogP contribution in [0.15, 0.2) is 54.6 Å². The van der Waals surface area contributed by atoms with Gasteiger partial charge in [0.05, 0.1) is 6.54 Å². The number of piperidine rings is 1. The molecule has 1 aliphatic rings. The maximum Gasteiger partial charge on any atom is 0.251 e. The number of carbonyl (C=O) groups excluding carboxylic acids is 2. The van der Waals surface area contributed by atoms with Gasteiger partial charge >= 0.3 is 0 Å². The van der Waals surface area contributed by atoms with Gasteiger partial charge in [-0.05, 0) is 48.9 Å². The smallest absolute Gasteiger partial charge is 0.251 e. The van der Waals surface area contributed by atoms with Crippen LogP contribution in [-0.4, -0.2) is 36.3 Å². The molecule has 1 aliphatic heterocycles. The molecule has 2 aromatic carbocycles. The highest BCUT2D eigenvalue weighted by Gasteiger charge is 2.23. The second kappa shape index (κ2) is 8.86. The van der Waals surface area contributed by atoms with E-state index in [4.69, 9.17) is 11.6 Å². The van der Waals surface area contributed by atoms with Crippen molar-refractivity contribution in [3.63, 3.8) is 0 Å². The van der Waals surface area contributed by atoms with E-state index in [0.717, 1.165) is 32.4 Å². The summed E-state index contributed by atoms with van der Waals surface area (Å²) in [4.78, 5) is 26.3. The van der Waals surface area contributed by atoms with Gasteiger partial charge in [0.15, 0.2) is 0 Å². The second-order valence-corrected chi connectivity index (χ2v) is 7.14. The first kappa shape index (κ1) is 18.5. The fourth-order valence-corrected chi connectivity index (χ4v) is 3.52. The van der Waals surface area contributed by atoms with Crippen molar-refractivity contribution in [3.8, 4) is 0 Å². The third-order valence-corrected chi connectivity index (χ3v) is 5.06. The van der Waals surface area contributed by atoms with Crippen molar-refractivity contribution >= 4 is 23.4 Å². The standard InChI is InChI=1S/C21H23ClN2O2/c22-19-8-4-7-18(14-19)21(26)23-15-20(25)24-11-9-17(10-12-24)13-16-5-2-1-3-6-16/h1-8,14,17H,9-13,15H2,(H,23,26). The highest BCUT2D eigenvalue weighted by Crippen LogP contribution is 2.21. The van der Waals surface area contributed by atoms with Gasteiger partial charge in [0.25, 0.3) is 5.91 Å². The van der Waals surface area contributed by atoms with Gasteiger partial charge < -0.3 is 10.2 Å². The predicted octanol–water partition coefficient (Wildman–Crippen LogP) is 3.55. The summed E-state index contributed by atoms with van der Waals surface area (Å²) in [7, 11) is 0. The topological polar surface area (TPSA) is 49.4 Å². The van der Waals surface area contributed by atoms with Crippen LogP contribution in [-0.2, 0) is 11.2 Å².